The third-order valence-electron chi connectivity index (χ3n) is 4.07. The Bertz CT molecular complexity index is 485. The van der Waals surface area contributed by atoms with Crippen molar-refractivity contribution >= 4 is 5.82 Å². The van der Waals surface area contributed by atoms with E-state index in [1.54, 1.807) is 6.07 Å². The van der Waals surface area contributed by atoms with Gasteiger partial charge in [0.1, 0.15) is 6.07 Å². The molecule has 0 saturated carbocycles. The first-order chi connectivity index (χ1) is 10.3. The second-order valence-corrected chi connectivity index (χ2v) is 5.54. The van der Waals surface area contributed by atoms with E-state index >= 15 is 0 Å². The molecule has 21 heavy (non-hydrogen) atoms. The largest absolute Gasteiger partial charge is 0.376 e. The smallest absolute Gasteiger partial charge is 0.163 e. The van der Waals surface area contributed by atoms with Crippen LogP contribution in [-0.4, -0.2) is 48.7 Å². The number of piperidine rings is 1. The summed E-state index contributed by atoms with van der Waals surface area (Å²) in [5.74, 6) is 0.839. The Hall–Kier alpha value is -1.71. The molecule has 6 nitrogen and oxygen atoms in total. The van der Waals surface area contributed by atoms with Crippen LogP contribution < -0.4 is 4.90 Å². The van der Waals surface area contributed by atoms with Crippen LogP contribution in [0.3, 0.4) is 0 Å². The van der Waals surface area contributed by atoms with Gasteiger partial charge in [-0.25, -0.2) is 0 Å². The van der Waals surface area contributed by atoms with Crippen LogP contribution in [0.5, 0.6) is 0 Å². The molecule has 1 unspecified atom stereocenters. The summed E-state index contributed by atoms with van der Waals surface area (Å²) >= 11 is 0. The Labute approximate surface area is 124 Å². The molecule has 1 aromatic rings. The Morgan fingerprint density at radius 2 is 2.14 bits per heavy atom. The molecule has 1 aromatic heterocycles. The maximum Gasteiger partial charge on any atom is 0.163 e. The van der Waals surface area contributed by atoms with Gasteiger partial charge in [-0.05, 0) is 37.8 Å². The fourth-order valence-corrected chi connectivity index (χ4v) is 2.82. The van der Waals surface area contributed by atoms with Gasteiger partial charge in [-0.15, -0.1) is 10.2 Å². The lowest BCUT2D eigenvalue weighted by Crippen LogP contribution is -2.38. The number of ether oxygens (including phenoxy) is 2. The van der Waals surface area contributed by atoms with Gasteiger partial charge in [0.25, 0.3) is 0 Å². The summed E-state index contributed by atoms with van der Waals surface area (Å²) in [4.78, 5) is 2.19. The summed E-state index contributed by atoms with van der Waals surface area (Å²) in [5, 5.41) is 16.7. The quantitative estimate of drug-likeness (QED) is 0.836. The average Bonchev–Trinajstić information content (AvgIpc) is 3.07. The fraction of sp³-hybridized carbons (Fsp3) is 0.667. The molecule has 0 spiro atoms. The van der Waals surface area contributed by atoms with E-state index in [0.29, 0.717) is 17.9 Å². The first-order valence-corrected chi connectivity index (χ1v) is 7.57. The van der Waals surface area contributed by atoms with Crippen LogP contribution in [-0.2, 0) is 9.47 Å². The molecule has 1 atom stereocenters. The minimum Gasteiger partial charge on any atom is -0.376 e. The molecule has 3 rings (SSSR count). The molecule has 0 aromatic carbocycles. The van der Waals surface area contributed by atoms with Gasteiger partial charge in [-0.2, -0.15) is 5.26 Å². The van der Waals surface area contributed by atoms with Crippen molar-refractivity contribution < 1.29 is 9.47 Å². The van der Waals surface area contributed by atoms with Crippen molar-refractivity contribution in [3.8, 4) is 6.07 Å². The maximum atomic E-state index is 8.73. The van der Waals surface area contributed by atoms with Crippen molar-refractivity contribution in [2.24, 2.45) is 0 Å². The third kappa shape index (κ3) is 3.69. The SMILES string of the molecule is N#Cc1ccc(N2CCC(OCC3CCCO3)CC2)nn1. The van der Waals surface area contributed by atoms with E-state index in [4.69, 9.17) is 14.7 Å². The number of rotatable bonds is 4. The number of nitrogens with zero attached hydrogens (tertiary/aromatic N) is 4. The van der Waals surface area contributed by atoms with Gasteiger partial charge in [0.05, 0.1) is 18.8 Å². The van der Waals surface area contributed by atoms with Crippen LogP contribution in [0.2, 0.25) is 0 Å². The lowest BCUT2D eigenvalue weighted by atomic mass is 10.1. The highest BCUT2D eigenvalue weighted by Crippen LogP contribution is 2.20. The summed E-state index contributed by atoms with van der Waals surface area (Å²) in [7, 11) is 0. The molecule has 2 fully saturated rings. The monoisotopic (exact) mass is 288 g/mol. The molecule has 0 N–H and O–H groups in total. The highest BCUT2D eigenvalue weighted by atomic mass is 16.5. The number of hydrogen-bond acceptors (Lipinski definition) is 6. The van der Waals surface area contributed by atoms with E-state index in [1.165, 1.54) is 0 Å². The molecular weight excluding hydrogens is 268 g/mol. The van der Waals surface area contributed by atoms with Gasteiger partial charge in [-0.1, -0.05) is 0 Å². The van der Waals surface area contributed by atoms with Crippen LogP contribution in [0.1, 0.15) is 31.4 Å². The molecule has 2 saturated heterocycles. The number of anilines is 1. The standard InChI is InChI=1S/C15H20N4O2/c16-10-12-3-4-15(18-17-12)19-7-5-13(6-8-19)21-11-14-2-1-9-20-14/h3-4,13-14H,1-2,5-9,11H2. The van der Waals surface area contributed by atoms with Crippen LogP contribution >= 0.6 is 0 Å². The summed E-state index contributed by atoms with van der Waals surface area (Å²) < 4.78 is 11.5. The summed E-state index contributed by atoms with van der Waals surface area (Å²) in [6, 6.07) is 5.55. The van der Waals surface area contributed by atoms with Gasteiger partial charge >= 0.3 is 0 Å². The van der Waals surface area contributed by atoms with Gasteiger partial charge < -0.3 is 14.4 Å². The molecule has 3 heterocycles. The summed E-state index contributed by atoms with van der Waals surface area (Å²) in [5.41, 5.74) is 0.355. The Kier molecular flexibility index (Phi) is 4.63. The minimum absolute atomic E-state index is 0.299. The lowest BCUT2D eigenvalue weighted by molar-refractivity contribution is -0.0280. The van der Waals surface area contributed by atoms with Crippen LogP contribution in [0.25, 0.3) is 0 Å². The van der Waals surface area contributed by atoms with E-state index in [2.05, 4.69) is 15.1 Å². The molecule has 6 heteroatoms. The van der Waals surface area contributed by atoms with Gasteiger partial charge in [0, 0.05) is 19.7 Å². The summed E-state index contributed by atoms with van der Waals surface area (Å²) in [6.45, 7) is 3.43. The van der Waals surface area contributed by atoms with Crippen LogP contribution in [0, 0.1) is 11.3 Å². The van der Waals surface area contributed by atoms with Gasteiger partial charge in [0.15, 0.2) is 11.5 Å². The normalized spacial score (nSPS) is 23.2. The van der Waals surface area contributed by atoms with Crippen molar-refractivity contribution in [3.63, 3.8) is 0 Å². The second kappa shape index (κ2) is 6.83. The fourth-order valence-electron chi connectivity index (χ4n) is 2.82. The molecule has 2 aliphatic rings. The topological polar surface area (TPSA) is 71.3 Å². The highest BCUT2D eigenvalue weighted by molar-refractivity contribution is 5.39. The Balaban J connectivity index is 1.44. The number of nitriles is 1. The second-order valence-electron chi connectivity index (χ2n) is 5.54. The predicted octanol–water partition coefficient (Wildman–Crippen LogP) is 1.51. The van der Waals surface area contributed by atoms with Crippen molar-refractivity contribution in [2.45, 2.75) is 37.9 Å². The molecular formula is C15H20N4O2. The molecule has 0 amide bonds. The van der Waals surface area contributed by atoms with Crippen molar-refractivity contribution in [1.82, 2.24) is 10.2 Å². The minimum atomic E-state index is 0.299. The van der Waals surface area contributed by atoms with E-state index in [1.807, 2.05) is 12.1 Å². The summed E-state index contributed by atoms with van der Waals surface area (Å²) in [6.07, 6.45) is 4.89. The number of hydrogen-bond donors (Lipinski definition) is 0. The van der Waals surface area contributed by atoms with Crippen molar-refractivity contribution in [3.05, 3.63) is 17.8 Å². The van der Waals surface area contributed by atoms with Crippen LogP contribution in [0.15, 0.2) is 12.1 Å². The van der Waals surface area contributed by atoms with E-state index < -0.39 is 0 Å². The molecule has 0 radical (unpaired) electrons. The predicted molar refractivity (Wildman–Crippen MR) is 76.9 cm³/mol. The zero-order valence-corrected chi connectivity index (χ0v) is 12.1. The lowest BCUT2D eigenvalue weighted by Gasteiger charge is -2.32. The van der Waals surface area contributed by atoms with Gasteiger partial charge in [0.2, 0.25) is 0 Å². The zero-order valence-electron chi connectivity index (χ0n) is 12.1. The average molecular weight is 288 g/mol. The van der Waals surface area contributed by atoms with Crippen molar-refractivity contribution in [2.75, 3.05) is 31.2 Å². The maximum absolute atomic E-state index is 8.73. The molecule has 0 bridgehead atoms. The Morgan fingerprint density at radius 1 is 1.29 bits per heavy atom. The van der Waals surface area contributed by atoms with Gasteiger partial charge in [-0.3, -0.25) is 0 Å². The molecule has 0 aliphatic carbocycles. The third-order valence-corrected chi connectivity index (χ3v) is 4.07. The zero-order chi connectivity index (χ0) is 14.5. The first kappa shape index (κ1) is 14.2. The van der Waals surface area contributed by atoms with Crippen molar-refractivity contribution in [1.29, 1.82) is 5.26 Å². The van der Waals surface area contributed by atoms with E-state index in [9.17, 15) is 0 Å². The molecule has 112 valence electrons. The first-order valence-electron chi connectivity index (χ1n) is 7.57. The van der Waals surface area contributed by atoms with Crippen LogP contribution in [0.4, 0.5) is 5.82 Å². The Morgan fingerprint density at radius 3 is 2.76 bits per heavy atom. The molecule has 2 aliphatic heterocycles. The number of aromatic nitrogens is 2. The van der Waals surface area contributed by atoms with E-state index in [-0.39, 0.29) is 0 Å². The van der Waals surface area contributed by atoms with E-state index in [0.717, 1.165) is 57.8 Å². The highest BCUT2D eigenvalue weighted by Gasteiger charge is 2.23.